The minimum absolute atomic E-state index is 0.480. The number of hydrogen-bond donors (Lipinski definition) is 1. The van der Waals surface area contributed by atoms with E-state index in [1.54, 1.807) is 0 Å². The van der Waals surface area contributed by atoms with Gasteiger partial charge in [0.1, 0.15) is 10.4 Å². The van der Waals surface area contributed by atoms with Crippen LogP contribution in [0.4, 0.5) is 0 Å². The maximum atomic E-state index is 5.75. The van der Waals surface area contributed by atoms with Crippen LogP contribution in [0.2, 0.25) is 0 Å². The zero-order valence-electron chi connectivity index (χ0n) is 11.2. The van der Waals surface area contributed by atoms with Gasteiger partial charge in [-0.25, -0.2) is 4.98 Å². The summed E-state index contributed by atoms with van der Waals surface area (Å²) < 4.78 is 2.90. The Labute approximate surface area is 116 Å². The Balaban J connectivity index is 2.70. The fourth-order valence-electron chi connectivity index (χ4n) is 2.48. The van der Waals surface area contributed by atoms with Crippen molar-refractivity contribution in [3.63, 3.8) is 0 Å². The molecule has 1 heterocycles. The fraction of sp³-hybridized carbons (Fsp3) is 0.357. The Morgan fingerprint density at radius 1 is 1.22 bits per heavy atom. The Morgan fingerprint density at radius 3 is 2.22 bits per heavy atom. The largest absolute Gasteiger partial charge is 0.329 e. The summed E-state index contributed by atoms with van der Waals surface area (Å²) >= 11 is 3.48. The SMILES string of the molecule is Cc1cc(C)c(-c2nc(Br)c(CN)n2C)c(C)c1. The molecule has 0 aliphatic rings. The number of nitrogens with zero attached hydrogens (tertiary/aromatic N) is 2. The molecule has 3 nitrogen and oxygen atoms in total. The van der Waals surface area contributed by atoms with Crippen molar-refractivity contribution in [1.29, 1.82) is 0 Å². The third kappa shape index (κ3) is 2.10. The van der Waals surface area contributed by atoms with Gasteiger partial charge < -0.3 is 10.3 Å². The topological polar surface area (TPSA) is 43.8 Å². The van der Waals surface area contributed by atoms with E-state index >= 15 is 0 Å². The Hall–Kier alpha value is -1.13. The first-order valence-corrected chi connectivity index (χ1v) is 6.74. The highest BCUT2D eigenvalue weighted by Crippen LogP contribution is 2.30. The normalized spacial score (nSPS) is 11.0. The van der Waals surface area contributed by atoms with Gasteiger partial charge in [0, 0.05) is 19.2 Å². The number of aromatic nitrogens is 2. The molecule has 96 valence electrons. The molecule has 2 N–H and O–H groups in total. The number of hydrogen-bond acceptors (Lipinski definition) is 2. The van der Waals surface area contributed by atoms with E-state index in [0.717, 1.165) is 16.1 Å². The number of nitrogens with two attached hydrogens (primary N) is 1. The Morgan fingerprint density at radius 2 is 1.78 bits per heavy atom. The van der Waals surface area contributed by atoms with Crippen molar-refractivity contribution in [1.82, 2.24) is 9.55 Å². The lowest BCUT2D eigenvalue weighted by Crippen LogP contribution is -2.05. The van der Waals surface area contributed by atoms with Crippen molar-refractivity contribution >= 4 is 15.9 Å². The quantitative estimate of drug-likeness (QED) is 0.925. The number of halogens is 1. The van der Waals surface area contributed by atoms with Gasteiger partial charge >= 0.3 is 0 Å². The van der Waals surface area contributed by atoms with E-state index in [2.05, 4.69) is 58.4 Å². The molecule has 4 heteroatoms. The van der Waals surface area contributed by atoms with E-state index < -0.39 is 0 Å². The smallest absolute Gasteiger partial charge is 0.141 e. The van der Waals surface area contributed by atoms with Crippen LogP contribution in [-0.4, -0.2) is 9.55 Å². The van der Waals surface area contributed by atoms with Crippen molar-refractivity contribution in [2.24, 2.45) is 12.8 Å². The third-order valence-corrected chi connectivity index (χ3v) is 3.89. The minimum atomic E-state index is 0.480. The van der Waals surface area contributed by atoms with Crippen LogP contribution in [0.5, 0.6) is 0 Å². The number of benzene rings is 1. The molecule has 0 aliphatic carbocycles. The summed E-state index contributed by atoms with van der Waals surface area (Å²) in [5, 5.41) is 0. The maximum absolute atomic E-state index is 5.75. The summed E-state index contributed by atoms with van der Waals surface area (Å²) in [6.45, 7) is 6.84. The minimum Gasteiger partial charge on any atom is -0.329 e. The Kier molecular flexibility index (Phi) is 3.59. The van der Waals surface area contributed by atoms with Crippen LogP contribution in [-0.2, 0) is 13.6 Å². The first-order valence-electron chi connectivity index (χ1n) is 5.95. The van der Waals surface area contributed by atoms with Crippen LogP contribution in [0.25, 0.3) is 11.4 Å². The predicted molar refractivity (Wildman–Crippen MR) is 78.4 cm³/mol. The summed E-state index contributed by atoms with van der Waals surface area (Å²) in [6.07, 6.45) is 0. The molecule has 0 amide bonds. The average Bonchev–Trinajstić information content (AvgIpc) is 2.53. The number of imidazole rings is 1. The lowest BCUT2D eigenvalue weighted by molar-refractivity contribution is 0.824. The van der Waals surface area contributed by atoms with Gasteiger partial charge in [-0.05, 0) is 47.8 Å². The maximum Gasteiger partial charge on any atom is 0.141 e. The van der Waals surface area contributed by atoms with Crippen molar-refractivity contribution in [2.75, 3.05) is 0 Å². The second-order valence-corrected chi connectivity index (χ2v) is 5.46. The first-order chi connectivity index (χ1) is 8.45. The fourth-order valence-corrected chi connectivity index (χ4v) is 3.07. The van der Waals surface area contributed by atoms with E-state index in [9.17, 15) is 0 Å². The first kappa shape index (κ1) is 13.3. The van der Waals surface area contributed by atoms with Gasteiger partial charge in [0.05, 0.1) is 5.69 Å². The summed E-state index contributed by atoms with van der Waals surface area (Å²) in [6, 6.07) is 4.38. The van der Waals surface area contributed by atoms with Gasteiger partial charge in [-0.1, -0.05) is 17.7 Å². The predicted octanol–water partition coefficient (Wildman–Crippen LogP) is 3.23. The third-order valence-electron chi connectivity index (χ3n) is 3.26. The highest BCUT2D eigenvalue weighted by molar-refractivity contribution is 9.10. The Bertz CT molecular complexity index is 576. The van der Waals surface area contributed by atoms with Crippen molar-refractivity contribution in [2.45, 2.75) is 27.3 Å². The zero-order valence-corrected chi connectivity index (χ0v) is 12.8. The van der Waals surface area contributed by atoms with Crippen LogP contribution in [0.1, 0.15) is 22.4 Å². The molecule has 0 saturated heterocycles. The van der Waals surface area contributed by atoms with Crippen molar-refractivity contribution in [3.05, 3.63) is 39.1 Å². The van der Waals surface area contributed by atoms with Gasteiger partial charge in [0.15, 0.2) is 0 Å². The molecular weight excluding hydrogens is 290 g/mol. The number of rotatable bonds is 2. The standard InChI is InChI=1S/C14H18BrN3/c1-8-5-9(2)12(10(3)6-8)14-17-13(15)11(7-16)18(14)4/h5-6H,7,16H2,1-4H3. The molecule has 2 aromatic rings. The monoisotopic (exact) mass is 307 g/mol. The van der Waals surface area contributed by atoms with Crippen LogP contribution in [0.15, 0.2) is 16.7 Å². The highest BCUT2D eigenvalue weighted by Gasteiger charge is 2.16. The molecule has 0 spiro atoms. The van der Waals surface area contributed by atoms with Crippen molar-refractivity contribution < 1.29 is 0 Å². The molecule has 0 unspecified atom stereocenters. The van der Waals surface area contributed by atoms with E-state index in [1.807, 2.05) is 7.05 Å². The summed E-state index contributed by atoms with van der Waals surface area (Å²) in [7, 11) is 2.01. The van der Waals surface area contributed by atoms with E-state index in [0.29, 0.717) is 6.54 Å². The van der Waals surface area contributed by atoms with Gasteiger partial charge in [0.2, 0.25) is 0 Å². The lowest BCUT2D eigenvalue weighted by atomic mass is 9.99. The summed E-state index contributed by atoms with van der Waals surface area (Å²) in [5.41, 5.74) is 11.7. The van der Waals surface area contributed by atoms with Crippen LogP contribution in [0.3, 0.4) is 0 Å². The van der Waals surface area contributed by atoms with Crippen LogP contribution < -0.4 is 5.73 Å². The molecule has 1 aromatic heterocycles. The molecular formula is C14H18BrN3. The molecule has 0 atom stereocenters. The highest BCUT2D eigenvalue weighted by atomic mass is 79.9. The molecule has 0 fully saturated rings. The molecule has 18 heavy (non-hydrogen) atoms. The van der Waals surface area contributed by atoms with Crippen LogP contribution >= 0.6 is 15.9 Å². The van der Waals surface area contributed by atoms with E-state index in [-0.39, 0.29) is 0 Å². The second kappa shape index (κ2) is 4.86. The molecule has 1 aromatic carbocycles. The zero-order chi connectivity index (χ0) is 13.4. The van der Waals surface area contributed by atoms with E-state index in [4.69, 9.17) is 5.73 Å². The van der Waals surface area contributed by atoms with E-state index in [1.165, 1.54) is 22.3 Å². The van der Waals surface area contributed by atoms with Crippen LogP contribution in [0, 0.1) is 20.8 Å². The molecule has 0 radical (unpaired) electrons. The van der Waals surface area contributed by atoms with Crippen molar-refractivity contribution in [3.8, 4) is 11.4 Å². The second-order valence-electron chi connectivity index (χ2n) is 4.71. The van der Waals surface area contributed by atoms with Gasteiger partial charge in [-0.2, -0.15) is 0 Å². The molecule has 0 bridgehead atoms. The lowest BCUT2D eigenvalue weighted by Gasteiger charge is -2.11. The van der Waals surface area contributed by atoms with Gasteiger partial charge in [0.25, 0.3) is 0 Å². The van der Waals surface area contributed by atoms with Gasteiger partial charge in [-0.3, -0.25) is 0 Å². The summed E-state index contributed by atoms with van der Waals surface area (Å²) in [4.78, 5) is 4.60. The molecule has 2 rings (SSSR count). The average molecular weight is 308 g/mol. The molecule has 0 saturated carbocycles. The van der Waals surface area contributed by atoms with Gasteiger partial charge in [-0.15, -0.1) is 0 Å². The molecule has 0 aliphatic heterocycles. The number of aryl methyl sites for hydroxylation is 3. The summed E-state index contributed by atoms with van der Waals surface area (Å²) in [5.74, 6) is 0.970.